The lowest BCUT2D eigenvalue weighted by molar-refractivity contribution is 0.373. The summed E-state index contributed by atoms with van der Waals surface area (Å²) < 4.78 is 5.03. The molecule has 0 saturated carbocycles. The molecule has 3 nitrogen and oxygen atoms in total. The average molecular weight is 326 g/mol. The zero-order valence-electron chi connectivity index (χ0n) is 11.9. The molecule has 5 heteroatoms. The zero-order chi connectivity index (χ0) is 15.4. The predicted octanol–water partition coefficient (Wildman–Crippen LogP) is 5.27. The first-order valence-corrected chi connectivity index (χ1v) is 7.39. The molecule has 0 heterocycles. The van der Waals surface area contributed by atoms with E-state index in [1.54, 1.807) is 18.2 Å². The second kappa shape index (κ2) is 6.92. The second-order valence-corrected chi connectivity index (χ2v) is 5.50. The Kier molecular flexibility index (Phi) is 5.21. The van der Waals surface area contributed by atoms with Crippen LogP contribution in [-0.2, 0) is 0 Å². The van der Waals surface area contributed by atoms with Gasteiger partial charge in [-0.3, -0.25) is 0 Å². The molecule has 112 valence electrons. The van der Waals surface area contributed by atoms with E-state index in [2.05, 4.69) is 12.2 Å². The highest BCUT2D eigenvalue weighted by Crippen LogP contribution is 2.33. The number of phenolic OH excluding ortho intramolecular Hbond substituents is 1. The van der Waals surface area contributed by atoms with Crippen molar-refractivity contribution in [3.8, 4) is 11.5 Å². The number of benzene rings is 2. The SMILES string of the molecule is CCC(Nc1ccc(OC)c(O)c1)c1ccc(Cl)cc1Cl. The van der Waals surface area contributed by atoms with Crippen LogP contribution in [0.1, 0.15) is 24.9 Å². The van der Waals surface area contributed by atoms with Gasteiger partial charge in [-0.05, 0) is 36.2 Å². The van der Waals surface area contributed by atoms with Crippen LogP contribution in [0.4, 0.5) is 5.69 Å². The van der Waals surface area contributed by atoms with Crippen molar-refractivity contribution in [2.75, 3.05) is 12.4 Å². The van der Waals surface area contributed by atoms with E-state index in [1.165, 1.54) is 7.11 Å². The summed E-state index contributed by atoms with van der Waals surface area (Å²) in [5.41, 5.74) is 1.77. The Balaban J connectivity index is 2.24. The fourth-order valence-corrected chi connectivity index (χ4v) is 2.70. The molecule has 1 unspecified atom stereocenters. The molecule has 0 radical (unpaired) electrons. The lowest BCUT2D eigenvalue weighted by Gasteiger charge is -2.20. The largest absolute Gasteiger partial charge is 0.504 e. The Morgan fingerprint density at radius 2 is 1.95 bits per heavy atom. The highest BCUT2D eigenvalue weighted by atomic mass is 35.5. The summed E-state index contributed by atoms with van der Waals surface area (Å²) in [5.74, 6) is 0.540. The monoisotopic (exact) mass is 325 g/mol. The number of halogens is 2. The highest BCUT2D eigenvalue weighted by Gasteiger charge is 2.14. The number of nitrogens with one attached hydrogen (secondary N) is 1. The highest BCUT2D eigenvalue weighted by molar-refractivity contribution is 6.35. The third kappa shape index (κ3) is 3.74. The summed E-state index contributed by atoms with van der Waals surface area (Å²) in [5, 5.41) is 14.4. The van der Waals surface area contributed by atoms with Crippen LogP contribution in [0.3, 0.4) is 0 Å². The molecule has 0 saturated heterocycles. The van der Waals surface area contributed by atoms with Gasteiger partial charge < -0.3 is 15.2 Å². The van der Waals surface area contributed by atoms with Gasteiger partial charge in [0.1, 0.15) is 0 Å². The van der Waals surface area contributed by atoms with Gasteiger partial charge in [-0.1, -0.05) is 36.2 Å². The number of phenols is 1. The first-order chi connectivity index (χ1) is 10.0. The molecule has 0 bridgehead atoms. The molecule has 0 aliphatic heterocycles. The molecule has 0 fully saturated rings. The molecule has 0 amide bonds. The molecule has 21 heavy (non-hydrogen) atoms. The Morgan fingerprint density at radius 3 is 2.52 bits per heavy atom. The maximum atomic E-state index is 9.83. The summed E-state index contributed by atoms with van der Waals surface area (Å²) in [4.78, 5) is 0. The van der Waals surface area contributed by atoms with Gasteiger partial charge in [-0.15, -0.1) is 0 Å². The van der Waals surface area contributed by atoms with E-state index in [9.17, 15) is 5.11 Å². The van der Waals surface area contributed by atoms with Crippen molar-refractivity contribution in [1.82, 2.24) is 0 Å². The Morgan fingerprint density at radius 1 is 1.19 bits per heavy atom. The van der Waals surface area contributed by atoms with Gasteiger partial charge >= 0.3 is 0 Å². The van der Waals surface area contributed by atoms with E-state index in [0.717, 1.165) is 17.7 Å². The summed E-state index contributed by atoms with van der Waals surface area (Å²) in [6, 6.07) is 10.7. The van der Waals surface area contributed by atoms with Gasteiger partial charge in [0, 0.05) is 21.8 Å². The number of ether oxygens (including phenoxy) is 1. The Hall–Kier alpha value is -1.58. The van der Waals surface area contributed by atoms with Crippen molar-refractivity contribution in [1.29, 1.82) is 0 Å². The lowest BCUT2D eigenvalue weighted by Crippen LogP contribution is -2.10. The van der Waals surface area contributed by atoms with Gasteiger partial charge in [0.2, 0.25) is 0 Å². The molecule has 0 aliphatic carbocycles. The number of hydrogen-bond donors (Lipinski definition) is 2. The van der Waals surface area contributed by atoms with Gasteiger partial charge in [0.25, 0.3) is 0 Å². The van der Waals surface area contributed by atoms with Crippen LogP contribution < -0.4 is 10.1 Å². The molecule has 2 N–H and O–H groups in total. The van der Waals surface area contributed by atoms with E-state index in [-0.39, 0.29) is 11.8 Å². The third-order valence-corrected chi connectivity index (χ3v) is 3.83. The fraction of sp³-hybridized carbons (Fsp3) is 0.250. The van der Waals surface area contributed by atoms with E-state index in [0.29, 0.717) is 15.8 Å². The van der Waals surface area contributed by atoms with E-state index in [1.807, 2.05) is 18.2 Å². The second-order valence-electron chi connectivity index (χ2n) is 4.66. The lowest BCUT2D eigenvalue weighted by atomic mass is 10.0. The first-order valence-electron chi connectivity index (χ1n) is 6.63. The van der Waals surface area contributed by atoms with Crippen molar-refractivity contribution in [2.24, 2.45) is 0 Å². The first kappa shape index (κ1) is 15.8. The normalized spacial score (nSPS) is 12.0. The minimum absolute atomic E-state index is 0.0301. The Labute approximate surface area is 134 Å². The molecule has 2 rings (SSSR count). The van der Waals surface area contributed by atoms with Gasteiger partial charge in [-0.2, -0.15) is 0 Å². The van der Waals surface area contributed by atoms with Crippen molar-refractivity contribution in [3.63, 3.8) is 0 Å². The quantitative estimate of drug-likeness (QED) is 0.786. The van der Waals surface area contributed by atoms with Crippen molar-refractivity contribution in [3.05, 3.63) is 52.0 Å². The smallest absolute Gasteiger partial charge is 0.160 e. The number of hydrogen-bond acceptors (Lipinski definition) is 3. The number of rotatable bonds is 5. The minimum atomic E-state index is 0.0301. The Bertz CT molecular complexity index is 632. The molecule has 0 spiro atoms. The maximum Gasteiger partial charge on any atom is 0.160 e. The third-order valence-electron chi connectivity index (χ3n) is 3.27. The number of anilines is 1. The summed E-state index contributed by atoms with van der Waals surface area (Å²) in [6.07, 6.45) is 0.841. The van der Waals surface area contributed by atoms with Crippen LogP contribution >= 0.6 is 23.2 Å². The minimum Gasteiger partial charge on any atom is -0.504 e. The van der Waals surface area contributed by atoms with Crippen molar-refractivity contribution < 1.29 is 9.84 Å². The molecule has 0 aliphatic rings. The predicted molar refractivity (Wildman–Crippen MR) is 87.8 cm³/mol. The van der Waals surface area contributed by atoms with Crippen LogP contribution in [0.15, 0.2) is 36.4 Å². The van der Waals surface area contributed by atoms with Crippen molar-refractivity contribution >= 4 is 28.9 Å². The average Bonchev–Trinajstić information content (AvgIpc) is 2.45. The number of methoxy groups -OCH3 is 1. The van der Waals surface area contributed by atoms with E-state index < -0.39 is 0 Å². The van der Waals surface area contributed by atoms with Gasteiger partial charge in [0.05, 0.1) is 13.2 Å². The van der Waals surface area contributed by atoms with Crippen LogP contribution in [0.5, 0.6) is 11.5 Å². The van der Waals surface area contributed by atoms with Crippen molar-refractivity contribution in [2.45, 2.75) is 19.4 Å². The molecular formula is C16H17Cl2NO2. The molecular weight excluding hydrogens is 309 g/mol. The van der Waals surface area contributed by atoms with E-state index in [4.69, 9.17) is 27.9 Å². The summed E-state index contributed by atoms with van der Waals surface area (Å²) in [6.45, 7) is 2.06. The van der Waals surface area contributed by atoms with Crippen LogP contribution in [0.2, 0.25) is 10.0 Å². The molecule has 1 atom stereocenters. The standard InChI is InChI=1S/C16H17Cl2NO2/c1-3-14(12-6-4-10(17)8-13(12)18)19-11-5-7-16(21-2)15(20)9-11/h4-9,14,19-20H,3H2,1-2H3. The topological polar surface area (TPSA) is 41.5 Å². The van der Waals surface area contributed by atoms with Crippen LogP contribution in [0.25, 0.3) is 0 Å². The zero-order valence-corrected chi connectivity index (χ0v) is 13.4. The van der Waals surface area contributed by atoms with Gasteiger partial charge in [-0.25, -0.2) is 0 Å². The maximum absolute atomic E-state index is 9.83. The van der Waals surface area contributed by atoms with E-state index >= 15 is 0 Å². The fourth-order valence-electron chi connectivity index (χ4n) is 2.16. The summed E-state index contributed by atoms with van der Waals surface area (Å²) in [7, 11) is 1.52. The summed E-state index contributed by atoms with van der Waals surface area (Å²) >= 11 is 12.2. The van der Waals surface area contributed by atoms with Gasteiger partial charge in [0.15, 0.2) is 11.5 Å². The van der Waals surface area contributed by atoms with Crippen LogP contribution in [-0.4, -0.2) is 12.2 Å². The van der Waals surface area contributed by atoms with Crippen LogP contribution in [0, 0.1) is 0 Å². The molecule has 2 aromatic carbocycles. The molecule has 0 aromatic heterocycles. The molecule has 2 aromatic rings. The number of aromatic hydroxyl groups is 1.